The summed E-state index contributed by atoms with van der Waals surface area (Å²) in [5.74, 6) is 0. The molecule has 2 aliphatic carbocycles. The number of anilines is 3. The molecule has 0 aliphatic heterocycles. The predicted molar refractivity (Wildman–Crippen MR) is 226 cm³/mol. The van der Waals surface area contributed by atoms with Crippen molar-refractivity contribution in [3.05, 3.63) is 235 Å². The molecule has 0 bridgehead atoms. The smallest absolute Gasteiger partial charge is 0.0725 e. The van der Waals surface area contributed by atoms with Crippen LogP contribution in [-0.2, 0) is 5.41 Å². The molecule has 0 N–H and O–H groups in total. The van der Waals surface area contributed by atoms with Crippen molar-refractivity contribution in [2.75, 3.05) is 4.90 Å². The van der Waals surface area contributed by atoms with Crippen LogP contribution in [0.5, 0.6) is 0 Å². The van der Waals surface area contributed by atoms with Crippen molar-refractivity contribution in [1.29, 1.82) is 0 Å². The highest BCUT2D eigenvalue weighted by Gasteiger charge is 2.51. The van der Waals surface area contributed by atoms with Crippen LogP contribution < -0.4 is 4.90 Å². The lowest BCUT2D eigenvalue weighted by Gasteiger charge is -2.31. The Kier molecular flexibility index (Phi) is 6.84. The standard InChI is InChI=1S/C53H35N/c1-3-16-38(17-4-1)52-42-20-8-7-15-36(42)29-33-43(52)37-27-30-40(31-28-37)54(39-18-5-2-6-19-39)41-32-34-51-47(35-41)46-23-11-14-26-50(46)53(51)48-24-12-9-21-44(48)45-22-10-13-25-49(45)53/h1-35H. The molecule has 9 aromatic carbocycles. The quantitative estimate of drug-likeness (QED) is 0.174. The second-order valence-electron chi connectivity index (χ2n) is 14.4. The predicted octanol–water partition coefficient (Wildman–Crippen LogP) is 14.0. The first-order chi connectivity index (χ1) is 26.8. The maximum absolute atomic E-state index is 2.42. The Bertz CT molecular complexity index is 2820. The first-order valence-electron chi connectivity index (χ1n) is 18.8. The van der Waals surface area contributed by atoms with Gasteiger partial charge in [0.1, 0.15) is 0 Å². The highest BCUT2D eigenvalue weighted by Crippen LogP contribution is 2.63. The fourth-order valence-electron chi connectivity index (χ4n) is 9.47. The van der Waals surface area contributed by atoms with E-state index in [-0.39, 0.29) is 5.41 Å². The molecule has 0 aromatic heterocycles. The van der Waals surface area contributed by atoms with Gasteiger partial charge in [-0.05, 0) is 114 Å². The summed E-state index contributed by atoms with van der Waals surface area (Å²) in [7, 11) is 0. The molecular formula is C53H35N. The average molecular weight is 686 g/mol. The van der Waals surface area contributed by atoms with Gasteiger partial charge in [0, 0.05) is 17.1 Å². The lowest BCUT2D eigenvalue weighted by atomic mass is 9.70. The minimum Gasteiger partial charge on any atom is -0.310 e. The largest absolute Gasteiger partial charge is 0.310 e. The number of para-hydroxylation sites is 1. The van der Waals surface area contributed by atoms with Gasteiger partial charge in [-0.3, -0.25) is 0 Å². The van der Waals surface area contributed by atoms with Crippen LogP contribution in [0, 0.1) is 0 Å². The molecular weight excluding hydrogens is 651 g/mol. The molecule has 0 amide bonds. The molecule has 0 radical (unpaired) electrons. The molecule has 11 rings (SSSR count). The van der Waals surface area contributed by atoms with E-state index in [1.54, 1.807) is 0 Å². The zero-order chi connectivity index (χ0) is 35.6. The first-order valence-corrected chi connectivity index (χ1v) is 18.8. The second kappa shape index (κ2) is 12.0. The second-order valence-corrected chi connectivity index (χ2v) is 14.4. The molecule has 0 atom stereocenters. The summed E-state index contributed by atoms with van der Waals surface area (Å²) in [6.07, 6.45) is 0. The SMILES string of the molecule is c1ccc(-c2c(-c3ccc(N(c4ccccc4)c4ccc5c(c4)-c4ccccc4C54c5ccccc5-c5ccccc54)cc3)ccc3ccccc23)cc1. The van der Waals surface area contributed by atoms with Crippen LogP contribution in [0.15, 0.2) is 212 Å². The normalized spacial score (nSPS) is 13.0. The van der Waals surface area contributed by atoms with E-state index in [2.05, 4.69) is 217 Å². The fourth-order valence-corrected chi connectivity index (χ4v) is 9.47. The number of hydrogen-bond acceptors (Lipinski definition) is 1. The van der Waals surface area contributed by atoms with Gasteiger partial charge in [0.05, 0.1) is 5.41 Å². The molecule has 0 unspecified atom stereocenters. The Balaban J connectivity index is 1.08. The summed E-state index contributed by atoms with van der Waals surface area (Å²) in [4.78, 5) is 2.40. The van der Waals surface area contributed by atoms with Crippen LogP contribution in [0.2, 0.25) is 0 Å². The van der Waals surface area contributed by atoms with Crippen molar-refractivity contribution in [2.45, 2.75) is 5.41 Å². The first kappa shape index (κ1) is 30.6. The summed E-state index contributed by atoms with van der Waals surface area (Å²) in [6, 6.07) is 78.1. The molecule has 1 heteroatoms. The van der Waals surface area contributed by atoms with Crippen molar-refractivity contribution in [1.82, 2.24) is 0 Å². The Hall–Kier alpha value is -6.96. The van der Waals surface area contributed by atoms with Crippen molar-refractivity contribution in [3.63, 3.8) is 0 Å². The topological polar surface area (TPSA) is 3.24 Å². The van der Waals surface area contributed by atoms with E-state index in [1.807, 2.05) is 0 Å². The molecule has 54 heavy (non-hydrogen) atoms. The third-order valence-corrected chi connectivity index (χ3v) is 11.7. The van der Waals surface area contributed by atoms with Crippen LogP contribution in [0.25, 0.3) is 55.3 Å². The third-order valence-electron chi connectivity index (χ3n) is 11.7. The molecule has 9 aromatic rings. The lowest BCUT2D eigenvalue weighted by Crippen LogP contribution is -2.25. The molecule has 2 aliphatic rings. The van der Waals surface area contributed by atoms with Gasteiger partial charge in [-0.25, -0.2) is 0 Å². The van der Waals surface area contributed by atoms with E-state index in [1.165, 1.54) is 77.5 Å². The van der Waals surface area contributed by atoms with Crippen molar-refractivity contribution in [2.24, 2.45) is 0 Å². The lowest BCUT2D eigenvalue weighted by molar-refractivity contribution is 0.794. The molecule has 0 fully saturated rings. The molecule has 0 heterocycles. The summed E-state index contributed by atoms with van der Waals surface area (Å²) in [5.41, 5.74) is 18.6. The number of benzene rings is 9. The van der Waals surface area contributed by atoms with Crippen LogP contribution in [0.4, 0.5) is 17.1 Å². The van der Waals surface area contributed by atoms with Crippen LogP contribution in [0.1, 0.15) is 22.3 Å². The zero-order valence-electron chi connectivity index (χ0n) is 29.7. The Morgan fingerprint density at radius 3 is 1.46 bits per heavy atom. The van der Waals surface area contributed by atoms with E-state index < -0.39 is 0 Å². The number of hydrogen-bond donors (Lipinski definition) is 0. The van der Waals surface area contributed by atoms with Gasteiger partial charge in [0.2, 0.25) is 0 Å². The van der Waals surface area contributed by atoms with E-state index >= 15 is 0 Å². The Morgan fingerprint density at radius 2 is 0.796 bits per heavy atom. The van der Waals surface area contributed by atoms with Crippen molar-refractivity contribution >= 4 is 27.8 Å². The van der Waals surface area contributed by atoms with Gasteiger partial charge in [-0.1, -0.05) is 176 Å². The summed E-state index contributed by atoms with van der Waals surface area (Å²) >= 11 is 0. The van der Waals surface area contributed by atoms with Gasteiger partial charge in [-0.2, -0.15) is 0 Å². The number of rotatable bonds is 5. The molecule has 0 saturated heterocycles. The maximum atomic E-state index is 2.42. The fraction of sp³-hybridized carbons (Fsp3) is 0.0189. The van der Waals surface area contributed by atoms with Crippen molar-refractivity contribution in [3.8, 4) is 44.5 Å². The van der Waals surface area contributed by atoms with Gasteiger partial charge < -0.3 is 4.90 Å². The molecule has 252 valence electrons. The maximum Gasteiger partial charge on any atom is 0.0725 e. The minimum absolute atomic E-state index is 0.354. The van der Waals surface area contributed by atoms with Crippen molar-refractivity contribution < 1.29 is 0 Å². The van der Waals surface area contributed by atoms with Gasteiger partial charge >= 0.3 is 0 Å². The van der Waals surface area contributed by atoms with E-state index in [0.29, 0.717) is 0 Å². The summed E-state index contributed by atoms with van der Waals surface area (Å²) < 4.78 is 0. The highest BCUT2D eigenvalue weighted by atomic mass is 15.1. The van der Waals surface area contributed by atoms with Gasteiger partial charge in [0.15, 0.2) is 0 Å². The zero-order valence-corrected chi connectivity index (χ0v) is 29.7. The third kappa shape index (κ3) is 4.39. The Labute approximate surface area is 316 Å². The number of nitrogens with zero attached hydrogens (tertiary/aromatic N) is 1. The van der Waals surface area contributed by atoms with Crippen LogP contribution >= 0.6 is 0 Å². The van der Waals surface area contributed by atoms with Crippen LogP contribution in [0.3, 0.4) is 0 Å². The van der Waals surface area contributed by atoms with Crippen LogP contribution in [-0.4, -0.2) is 0 Å². The number of fused-ring (bicyclic) bond motifs is 11. The van der Waals surface area contributed by atoms with Gasteiger partial charge in [0.25, 0.3) is 0 Å². The monoisotopic (exact) mass is 685 g/mol. The molecule has 0 saturated carbocycles. The summed E-state index contributed by atoms with van der Waals surface area (Å²) in [5, 5.41) is 2.51. The average Bonchev–Trinajstić information content (AvgIpc) is 3.71. The van der Waals surface area contributed by atoms with E-state index in [9.17, 15) is 0 Å². The van der Waals surface area contributed by atoms with E-state index in [0.717, 1.165) is 17.1 Å². The Morgan fingerprint density at radius 1 is 0.296 bits per heavy atom. The minimum atomic E-state index is -0.354. The van der Waals surface area contributed by atoms with E-state index in [4.69, 9.17) is 0 Å². The molecule has 1 spiro atoms. The summed E-state index contributed by atoms with van der Waals surface area (Å²) in [6.45, 7) is 0. The molecule has 1 nitrogen and oxygen atoms in total. The van der Waals surface area contributed by atoms with Gasteiger partial charge in [-0.15, -0.1) is 0 Å². The highest BCUT2D eigenvalue weighted by molar-refractivity contribution is 6.04.